The van der Waals surface area contributed by atoms with Gasteiger partial charge in [0.2, 0.25) is 0 Å². The molecule has 0 saturated carbocycles. The molecule has 0 aliphatic carbocycles. The summed E-state index contributed by atoms with van der Waals surface area (Å²) in [7, 11) is 0. The molecule has 92 valence electrons. The number of halogens is 1. The number of Topliss-reactive ketones (excluding diaryl/α,β-unsaturated/α-hetero) is 1. The third kappa shape index (κ3) is 3.08. The van der Waals surface area contributed by atoms with E-state index in [1.165, 1.54) is 0 Å². The van der Waals surface area contributed by atoms with Crippen molar-refractivity contribution in [3.8, 4) is 0 Å². The van der Waals surface area contributed by atoms with Gasteiger partial charge in [-0.05, 0) is 37.6 Å². The van der Waals surface area contributed by atoms with Crippen molar-refractivity contribution in [3.63, 3.8) is 0 Å². The van der Waals surface area contributed by atoms with Crippen LogP contribution in [0.15, 0.2) is 46.9 Å². The fraction of sp³-hybridized carbons (Fsp3) is 0.188. The van der Waals surface area contributed by atoms with Gasteiger partial charge in [-0.3, -0.25) is 4.79 Å². The molecule has 0 atom stereocenters. The molecule has 0 aliphatic heterocycles. The monoisotopic (exact) mass is 302 g/mol. The van der Waals surface area contributed by atoms with E-state index in [-0.39, 0.29) is 5.78 Å². The molecular weight excluding hydrogens is 288 g/mol. The van der Waals surface area contributed by atoms with E-state index in [0.29, 0.717) is 6.42 Å². The van der Waals surface area contributed by atoms with Gasteiger partial charge in [0.25, 0.3) is 0 Å². The summed E-state index contributed by atoms with van der Waals surface area (Å²) in [6, 6.07) is 13.8. The molecule has 1 nitrogen and oxygen atoms in total. The minimum Gasteiger partial charge on any atom is -0.294 e. The summed E-state index contributed by atoms with van der Waals surface area (Å²) in [4.78, 5) is 12.2. The van der Waals surface area contributed by atoms with E-state index in [4.69, 9.17) is 0 Å². The van der Waals surface area contributed by atoms with Crippen molar-refractivity contribution in [2.24, 2.45) is 0 Å². The average molecular weight is 303 g/mol. The van der Waals surface area contributed by atoms with E-state index < -0.39 is 0 Å². The topological polar surface area (TPSA) is 17.1 Å². The van der Waals surface area contributed by atoms with Crippen LogP contribution in [0.3, 0.4) is 0 Å². The lowest BCUT2D eigenvalue weighted by atomic mass is 9.99. The molecule has 0 saturated heterocycles. The molecule has 0 unspecified atom stereocenters. The molecule has 2 heteroatoms. The molecule has 2 rings (SSSR count). The van der Waals surface area contributed by atoms with Gasteiger partial charge in [-0.1, -0.05) is 51.3 Å². The zero-order valence-corrected chi connectivity index (χ0v) is 12.1. The molecule has 2 aromatic carbocycles. The number of hydrogen-bond donors (Lipinski definition) is 0. The van der Waals surface area contributed by atoms with E-state index >= 15 is 0 Å². The first-order valence-electron chi connectivity index (χ1n) is 5.91. The normalized spacial score (nSPS) is 10.4. The van der Waals surface area contributed by atoms with Crippen molar-refractivity contribution in [2.45, 2.75) is 20.3 Å². The van der Waals surface area contributed by atoms with Gasteiger partial charge in [0.05, 0.1) is 0 Å². The Labute approximate surface area is 116 Å². The number of carbonyl (C=O) groups is 1. The smallest absolute Gasteiger partial charge is 0.167 e. The average Bonchev–Trinajstić information content (AvgIpc) is 2.31. The Morgan fingerprint density at radius 1 is 1.06 bits per heavy atom. The molecule has 0 aliphatic rings. The van der Waals surface area contributed by atoms with Crippen LogP contribution in [0.25, 0.3) is 0 Å². The van der Waals surface area contributed by atoms with Crippen LogP contribution < -0.4 is 0 Å². The highest BCUT2D eigenvalue weighted by molar-refractivity contribution is 9.10. The van der Waals surface area contributed by atoms with Gasteiger partial charge in [0.1, 0.15) is 0 Å². The van der Waals surface area contributed by atoms with Crippen LogP contribution in [0, 0.1) is 13.8 Å². The van der Waals surface area contributed by atoms with E-state index in [0.717, 1.165) is 26.7 Å². The number of hydrogen-bond acceptors (Lipinski definition) is 1. The second kappa shape index (κ2) is 5.49. The first kappa shape index (κ1) is 13.0. The van der Waals surface area contributed by atoms with Crippen LogP contribution in [0.5, 0.6) is 0 Å². The Morgan fingerprint density at radius 2 is 1.67 bits per heavy atom. The van der Waals surface area contributed by atoms with Gasteiger partial charge in [0, 0.05) is 16.5 Å². The summed E-state index contributed by atoms with van der Waals surface area (Å²) in [5.74, 6) is 0.161. The quantitative estimate of drug-likeness (QED) is 0.763. The van der Waals surface area contributed by atoms with E-state index in [2.05, 4.69) is 22.0 Å². The number of ketones is 1. The Hall–Kier alpha value is -1.41. The minimum atomic E-state index is 0.161. The van der Waals surface area contributed by atoms with Crippen LogP contribution in [0.2, 0.25) is 0 Å². The zero-order valence-electron chi connectivity index (χ0n) is 10.5. The minimum absolute atomic E-state index is 0.161. The number of carbonyl (C=O) groups excluding carboxylic acids is 1. The standard InChI is InChI=1S/C16H15BrO/c1-11-7-12(2)9-14(8-11)16(18)10-13-5-3-4-6-15(13)17/h3-9H,10H2,1-2H3. The van der Waals surface area contributed by atoms with Crippen LogP contribution in [-0.2, 0) is 6.42 Å². The van der Waals surface area contributed by atoms with Crippen LogP contribution in [0.4, 0.5) is 0 Å². The zero-order chi connectivity index (χ0) is 13.1. The Kier molecular flexibility index (Phi) is 3.97. The Morgan fingerprint density at radius 3 is 2.28 bits per heavy atom. The van der Waals surface area contributed by atoms with Crippen LogP contribution in [-0.4, -0.2) is 5.78 Å². The molecule has 0 amide bonds. The molecule has 0 N–H and O–H groups in total. The van der Waals surface area contributed by atoms with Gasteiger partial charge < -0.3 is 0 Å². The SMILES string of the molecule is Cc1cc(C)cc(C(=O)Cc2ccccc2Br)c1. The highest BCUT2D eigenvalue weighted by Gasteiger charge is 2.09. The van der Waals surface area contributed by atoms with E-state index in [1.54, 1.807) is 0 Å². The van der Waals surface area contributed by atoms with Crippen molar-refractivity contribution < 1.29 is 4.79 Å². The maximum absolute atomic E-state index is 12.2. The molecule has 0 aromatic heterocycles. The Bertz CT molecular complexity index is 567. The number of rotatable bonds is 3. The van der Waals surface area contributed by atoms with Crippen LogP contribution in [0.1, 0.15) is 27.0 Å². The lowest BCUT2D eigenvalue weighted by Gasteiger charge is -2.06. The van der Waals surface area contributed by atoms with Crippen molar-refractivity contribution in [3.05, 3.63) is 69.2 Å². The summed E-state index contributed by atoms with van der Waals surface area (Å²) in [5.41, 5.74) is 4.08. The summed E-state index contributed by atoms with van der Waals surface area (Å²) < 4.78 is 0.989. The first-order valence-corrected chi connectivity index (χ1v) is 6.70. The summed E-state index contributed by atoms with van der Waals surface area (Å²) in [5, 5.41) is 0. The predicted octanol–water partition coefficient (Wildman–Crippen LogP) is 4.49. The van der Waals surface area contributed by atoms with Crippen molar-refractivity contribution in [2.75, 3.05) is 0 Å². The lowest BCUT2D eigenvalue weighted by Crippen LogP contribution is -2.04. The second-order valence-corrected chi connectivity index (χ2v) is 5.42. The summed E-state index contributed by atoms with van der Waals surface area (Å²) in [6.45, 7) is 4.03. The third-order valence-electron chi connectivity index (χ3n) is 2.85. The highest BCUT2D eigenvalue weighted by Crippen LogP contribution is 2.19. The van der Waals surface area contributed by atoms with Crippen molar-refractivity contribution in [1.82, 2.24) is 0 Å². The van der Waals surface area contributed by atoms with Crippen LogP contribution >= 0.6 is 15.9 Å². The predicted molar refractivity (Wildman–Crippen MR) is 78.1 cm³/mol. The van der Waals surface area contributed by atoms with Gasteiger partial charge >= 0.3 is 0 Å². The van der Waals surface area contributed by atoms with Gasteiger partial charge in [-0.2, -0.15) is 0 Å². The van der Waals surface area contributed by atoms with E-state index in [9.17, 15) is 4.79 Å². The largest absolute Gasteiger partial charge is 0.294 e. The summed E-state index contributed by atoms with van der Waals surface area (Å²) in [6.07, 6.45) is 0.435. The molecular formula is C16H15BrO. The molecule has 0 radical (unpaired) electrons. The highest BCUT2D eigenvalue weighted by atomic mass is 79.9. The molecule has 0 bridgehead atoms. The van der Waals surface area contributed by atoms with Gasteiger partial charge in [0.15, 0.2) is 5.78 Å². The number of aryl methyl sites for hydroxylation is 2. The van der Waals surface area contributed by atoms with Gasteiger partial charge in [-0.25, -0.2) is 0 Å². The summed E-state index contributed by atoms with van der Waals surface area (Å²) >= 11 is 3.47. The molecule has 0 heterocycles. The van der Waals surface area contributed by atoms with E-state index in [1.807, 2.05) is 50.2 Å². The molecule has 2 aromatic rings. The lowest BCUT2D eigenvalue weighted by molar-refractivity contribution is 0.0992. The fourth-order valence-electron chi connectivity index (χ4n) is 2.05. The Balaban J connectivity index is 2.25. The van der Waals surface area contributed by atoms with Crippen molar-refractivity contribution in [1.29, 1.82) is 0 Å². The molecule has 18 heavy (non-hydrogen) atoms. The maximum Gasteiger partial charge on any atom is 0.167 e. The van der Waals surface area contributed by atoms with Crippen molar-refractivity contribution >= 4 is 21.7 Å². The second-order valence-electron chi connectivity index (χ2n) is 4.57. The maximum atomic E-state index is 12.2. The third-order valence-corrected chi connectivity index (χ3v) is 3.63. The number of benzene rings is 2. The molecule has 0 spiro atoms. The fourth-order valence-corrected chi connectivity index (χ4v) is 2.48. The first-order chi connectivity index (χ1) is 8.56. The van der Waals surface area contributed by atoms with Gasteiger partial charge in [-0.15, -0.1) is 0 Å². The molecule has 0 fully saturated rings.